The molecule has 1 atom stereocenters. The van der Waals surface area contributed by atoms with Crippen LogP contribution in [0.5, 0.6) is 5.75 Å². The van der Waals surface area contributed by atoms with Crippen LogP contribution in [0, 0.1) is 6.92 Å². The lowest BCUT2D eigenvalue weighted by Gasteiger charge is -2.41. The van der Waals surface area contributed by atoms with Gasteiger partial charge in [0.2, 0.25) is 0 Å². The van der Waals surface area contributed by atoms with E-state index in [2.05, 4.69) is 24.0 Å². The maximum absolute atomic E-state index is 13.2. The summed E-state index contributed by atoms with van der Waals surface area (Å²) in [7, 11) is 0.693. The molecule has 2 aromatic rings. The summed E-state index contributed by atoms with van der Waals surface area (Å²) in [5, 5.41) is 0.134. The second kappa shape index (κ2) is 11.7. The van der Waals surface area contributed by atoms with Crippen LogP contribution in [0.1, 0.15) is 67.9 Å². The van der Waals surface area contributed by atoms with Crippen molar-refractivity contribution >= 4 is 22.3 Å². The minimum Gasteiger partial charge on any atom is -0.496 e. The maximum Gasteiger partial charge on any atom is 0.257 e. The number of likely N-dealkylation sites (tertiary alicyclic amines) is 2. The molecule has 2 aliphatic heterocycles. The van der Waals surface area contributed by atoms with E-state index >= 15 is 0 Å². The third kappa shape index (κ3) is 5.76. The average Bonchev–Trinajstić information content (AvgIpc) is 2.92. The number of ether oxygens (including phenoxy) is 1. The molecule has 194 valence electrons. The molecule has 0 aliphatic carbocycles. The predicted octanol–water partition coefficient (Wildman–Crippen LogP) is 5.69. The Balaban J connectivity index is 1.32. The highest BCUT2D eigenvalue weighted by atomic mass is 32.2. The van der Waals surface area contributed by atoms with Gasteiger partial charge in [0.25, 0.3) is 5.91 Å². The summed E-state index contributed by atoms with van der Waals surface area (Å²) in [4.78, 5) is 18.7. The molecule has 0 aromatic heterocycles. The zero-order chi connectivity index (χ0) is 25.8. The molecule has 2 aliphatic rings. The summed E-state index contributed by atoms with van der Waals surface area (Å²) in [5.41, 5.74) is 5.79. The van der Waals surface area contributed by atoms with Gasteiger partial charge in [-0.15, -0.1) is 0 Å². The van der Waals surface area contributed by atoms with Gasteiger partial charge in [-0.3, -0.25) is 13.9 Å². The molecule has 2 aromatic carbocycles. The Bertz CT molecular complexity index is 1120. The number of nitrogens with zero attached hydrogens (tertiary/aromatic N) is 2. The quantitative estimate of drug-likeness (QED) is 0.503. The SMILES string of the molecule is COc1c(C)cccc1C(=O)N1CCC(N2CCC(=C(C)c3ccc(S(=O)C(C)C)cc3)CC2)CC1. The smallest absolute Gasteiger partial charge is 0.257 e. The van der Waals surface area contributed by atoms with Gasteiger partial charge in [-0.1, -0.05) is 43.7 Å². The largest absolute Gasteiger partial charge is 0.496 e. The number of piperidine rings is 2. The molecule has 2 fully saturated rings. The first-order valence-electron chi connectivity index (χ1n) is 13.2. The van der Waals surface area contributed by atoms with Gasteiger partial charge >= 0.3 is 0 Å². The van der Waals surface area contributed by atoms with Crippen molar-refractivity contribution in [2.45, 2.75) is 69.6 Å². The molecule has 0 radical (unpaired) electrons. The summed E-state index contributed by atoms with van der Waals surface area (Å²) in [6, 6.07) is 14.6. The summed E-state index contributed by atoms with van der Waals surface area (Å²) in [6.45, 7) is 11.9. The first-order valence-corrected chi connectivity index (χ1v) is 14.4. The standard InChI is InChI=1S/C30H40N2O3S/c1-21(2)36(34)27-11-9-24(10-12-27)23(4)25-13-17-31(18-14-25)26-15-19-32(20-16-26)30(33)28-8-6-7-22(3)29(28)35-5/h6-12,21,26H,13-20H2,1-5H3. The number of hydrogen-bond donors (Lipinski definition) is 0. The van der Waals surface area contributed by atoms with Crippen LogP contribution in [0.15, 0.2) is 52.9 Å². The molecule has 1 unspecified atom stereocenters. The molecule has 2 saturated heterocycles. The molecule has 0 N–H and O–H groups in total. The third-order valence-electron chi connectivity index (χ3n) is 7.79. The van der Waals surface area contributed by atoms with Crippen LogP contribution < -0.4 is 4.74 Å². The Kier molecular flexibility index (Phi) is 8.68. The molecule has 4 rings (SSSR count). The summed E-state index contributed by atoms with van der Waals surface area (Å²) < 4.78 is 17.9. The number of methoxy groups -OCH3 is 1. The molecule has 2 heterocycles. The monoisotopic (exact) mass is 508 g/mol. The fourth-order valence-electron chi connectivity index (χ4n) is 5.55. The Morgan fingerprint density at radius 1 is 1.00 bits per heavy atom. The summed E-state index contributed by atoms with van der Waals surface area (Å²) >= 11 is 0. The summed E-state index contributed by atoms with van der Waals surface area (Å²) in [6.07, 6.45) is 4.22. The van der Waals surface area contributed by atoms with Crippen molar-refractivity contribution in [1.29, 1.82) is 0 Å². The lowest BCUT2D eigenvalue weighted by Crippen LogP contribution is -2.48. The van der Waals surface area contributed by atoms with Gasteiger partial charge in [0, 0.05) is 42.4 Å². The van der Waals surface area contributed by atoms with E-state index in [0.717, 1.165) is 62.3 Å². The fraction of sp³-hybridized carbons (Fsp3) is 0.500. The van der Waals surface area contributed by atoms with E-state index in [0.29, 0.717) is 17.4 Å². The van der Waals surface area contributed by atoms with E-state index in [1.54, 1.807) is 7.11 Å². The molecule has 0 bridgehead atoms. The number of carbonyl (C=O) groups is 1. The van der Waals surface area contributed by atoms with Gasteiger partial charge in [-0.2, -0.15) is 0 Å². The molecule has 1 amide bonds. The highest BCUT2D eigenvalue weighted by Crippen LogP contribution is 2.31. The van der Waals surface area contributed by atoms with Crippen LogP contribution in [-0.4, -0.2) is 64.5 Å². The normalized spacial score (nSPS) is 18.4. The van der Waals surface area contributed by atoms with Crippen LogP contribution in [0.4, 0.5) is 0 Å². The minimum absolute atomic E-state index is 0.0803. The highest BCUT2D eigenvalue weighted by Gasteiger charge is 2.30. The van der Waals surface area contributed by atoms with E-state index in [-0.39, 0.29) is 11.2 Å². The molecule has 0 spiro atoms. The second-order valence-corrected chi connectivity index (χ2v) is 12.3. The number of benzene rings is 2. The number of carbonyl (C=O) groups excluding carboxylic acids is 1. The van der Waals surface area contributed by atoms with Gasteiger partial charge in [-0.25, -0.2) is 0 Å². The number of rotatable bonds is 6. The van der Waals surface area contributed by atoms with Crippen LogP contribution in [-0.2, 0) is 10.8 Å². The van der Waals surface area contributed by atoms with Gasteiger partial charge in [0.05, 0.1) is 23.5 Å². The number of hydrogen-bond acceptors (Lipinski definition) is 4. The lowest BCUT2D eigenvalue weighted by atomic mass is 9.92. The first kappa shape index (κ1) is 26.6. The Labute approximate surface area is 219 Å². The van der Waals surface area contributed by atoms with E-state index in [1.165, 1.54) is 16.7 Å². The van der Waals surface area contributed by atoms with Gasteiger partial charge in [0.15, 0.2) is 0 Å². The Morgan fingerprint density at radius 2 is 1.64 bits per heavy atom. The zero-order valence-electron chi connectivity index (χ0n) is 22.4. The van der Waals surface area contributed by atoms with E-state index in [1.807, 2.05) is 56.0 Å². The topological polar surface area (TPSA) is 49.9 Å². The van der Waals surface area contributed by atoms with Crippen molar-refractivity contribution < 1.29 is 13.7 Å². The molecular weight excluding hydrogens is 468 g/mol. The number of para-hydroxylation sites is 1. The van der Waals surface area contributed by atoms with E-state index < -0.39 is 10.8 Å². The maximum atomic E-state index is 13.2. The van der Waals surface area contributed by atoms with Crippen molar-refractivity contribution in [2.24, 2.45) is 0 Å². The van der Waals surface area contributed by atoms with Crippen LogP contribution in [0.2, 0.25) is 0 Å². The summed E-state index contributed by atoms with van der Waals surface area (Å²) in [5.74, 6) is 0.773. The first-order chi connectivity index (χ1) is 17.3. The third-order valence-corrected chi connectivity index (χ3v) is 9.39. The number of amides is 1. The van der Waals surface area contributed by atoms with Crippen molar-refractivity contribution in [3.8, 4) is 5.75 Å². The number of allylic oxidation sites excluding steroid dienone is 1. The molecular formula is C30H40N2O3S. The van der Waals surface area contributed by atoms with Crippen LogP contribution in [0.25, 0.3) is 5.57 Å². The highest BCUT2D eigenvalue weighted by molar-refractivity contribution is 7.85. The second-order valence-electron chi connectivity index (χ2n) is 10.3. The predicted molar refractivity (Wildman–Crippen MR) is 148 cm³/mol. The van der Waals surface area contributed by atoms with Crippen molar-refractivity contribution in [1.82, 2.24) is 9.80 Å². The molecule has 0 saturated carbocycles. The van der Waals surface area contributed by atoms with Crippen LogP contribution in [0.3, 0.4) is 0 Å². The van der Waals surface area contributed by atoms with Crippen molar-refractivity contribution in [3.63, 3.8) is 0 Å². The Morgan fingerprint density at radius 3 is 2.22 bits per heavy atom. The minimum atomic E-state index is -0.942. The lowest BCUT2D eigenvalue weighted by molar-refractivity contribution is 0.0605. The zero-order valence-corrected chi connectivity index (χ0v) is 23.2. The van der Waals surface area contributed by atoms with Gasteiger partial charge in [-0.05, 0) is 74.4 Å². The molecule has 6 heteroatoms. The number of aryl methyl sites for hydroxylation is 1. The van der Waals surface area contributed by atoms with E-state index in [4.69, 9.17) is 4.74 Å². The average molecular weight is 509 g/mol. The van der Waals surface area contributed by atoms with Gasteiger partial charge < -0.3 is 9.64 Å². The van der Waals surface area contributed by atoms with E-state index in [9.17, 15) is 9.00 Å². The van der Waals surface area contributed by atoms with Gasteiger partial charge in [0.1, 0.15) is 5.75 Å². The fourth-order valence-corrected chi connectivity index (χ4v) is 6.49. The Hall–Kier alpha value is -2.44. The van der Waals surface area contributed by atoms with Crippen molar-refractivity contribution in [2.75, 3.05) is 33.3 Å². The molecule has 36 heavy (non-hydrogen) atoms. The molecule has 5 nitrogen and oxygen atoms in total. The van der Waals surface area contributed by atoms with Crippen LogP contribution >= 0.6 is 0 Å². The van der Waals surface area contributed by atoms with Crippen molar-refractivity contribution in [3.05, 3.63) is 64.7 Å².